The SMILES string of the molecule is Clc1ccccc1C[NH+]1CCN(N=Cc2cccc(Cl)c2Cl)CC1. The highest BCUT2D eigenvalue weighted by Crippen LogP contribution is 2.24. The third kappa shape index (κ3) is 4.42. The summed E-state index contributed by atoms with van der Waals surface area (Å²) in [5, 5.41) is 8.56. The predicted molar refractivity (Wildman–Crippen MR) is 101 cm³/mol. The molecule has 1 heterocycles. The molecule has 0 saturated carbocycles. The largest absolute Gasteiger partial charge is 0.328 e. The highest BCUT2D eigenvalue weighted by Gasteiger charge is 2.19. The van der Waals surface area contributed by atoms with Crippen LogP contribution in [0, 0.1) is 0 Å². The van der Waals surface area contributed by atoms with Crippen LogP contribution in [0.2, 0.25) is 15.1 Å². The number of halogens is 3. The van der Waals surface area contributed by atoms with Gasteiger partial charge < -0.3 is 4.90 Å². The maximum absolute atomic E-state index is 6.25. The third-order valence-electron chi connectivity index (χ3n) is 4.19. The molecule has 0 unspecified atom stereocenters. The smallest absolute Gasteiger partial charge is 0.104 e. The number of hydrazone groups is 1. The van der Waals surface area contributed by atoms with Gasteiger partial charge in [-0.1, -0.05) is 65.1 Å². The standard InChI is InChI=1S/C18H18Cl3N3/c19-16-6-2-1-4-15(16)13-23-8-10-24(11-9-23)22-12-14-5-3-7-17(20)18(14)21/h1-7,12H,8-11,13H2/p+1. The maximum atomic E-state index is 6.25. The van der Waals surface area contributed by atoms with Gasteiger partial charge in [0.15, 0.2) is 0 Å². The van der Waals surface area contributed by atoms with E-state index in [1.165, 1.54) is 10.5 Å². The van der Waals surface area contributed by atoms with Crippen LogP contribution in [0.3, 0.4) is 0 Å². The molecule has 0 amide bonds. The lowest BCUT2D eigenvalue weighted by molar-refractivity contribution is -0.918. The van der Waals surface area contributed by atoms with Crippen LogP contribution in [-0.2, 0) is 6.54 Å². The lowest BCUT2D eigenvalue weighted by Gasteiger charge is -2.30. The van der Waals surface area contributed by atoms with Crippen LogP contribution in [0.1, 0.15) is 11.1 Å². The predicted octanol–water partition coefficient (Wildman–Crippen LogP) is 3.38. The Bertz CT molecular complexity index is 725. The second-order valence-corrected chi connectivity index (χ2v) is 7.05. The van der Waals surface area contributed by atoms with E-state index in [4.69, 9.17) is 34.8 Å². The molecule has 0 atom stereocenters. The van der Waals surface area contributed by atoms with Crippen molar-refractivity contribution in [2.45, 2.75) is 6.54 Å². The van der Waals surface area contributed by atoms with Crippen LogP contribution < -0.4 is 4.90 Å². The minimum absolute atomic E-state index is 0.547. The highest BCUT2D eigenvalue weighted by atomic mass is 35.5. The van der Waals surface area contributed by atoms with Crippen molar-refractivity contribution in [3.8, 4) is 0 Å². The Morgan fingerprint density at radius 2 is 1.67 bits per heavy atom. The minimum Gasteiger partial charge on any atom is -0.328 e. The van der Waals surface area contributed by atoms with E-state index in [0.717, 1.165) is 43.3 Å². The van der Waals surface area contributed by atoms with Crippen LogP contribution in [0.5, 0.6) is 0 Å². The quantitative estimate of drug-likeness (QED) is 0.802. The van der Waals surface area contributed by atoms with Crippen LogP contribution in [0.15, 0.2) is 47.6 Å². The lowest BCUT2D eigenvalue weighted by atomic mass is 10.2. The topological polar surface area (TPSA) is 20.0 Å². The molecule has 24 heavy (non-hydrogen) atoms. The van der Waals surface area contributed by atoms with Crippen molar-refractivity contribution in [1.82, 2.24) is 5.01 Å². The van der Waals surface area contributed by atoms with Crippen LogP contribution in [-0.4, -0.2) is 37.4 Å². The number of nitrogens with zero attached hydrogens (tertiary/aromatic N) is 2. The number of hydrogen-bond acceptors (Lipinski definition) is 2. The molecule has 0 aliphatic carbocycles. The first-order valence-electron chi connectivity index (χ1n) is 7.93. The van der Waals surface area contributed by atoms with E-state index in [0.29, 0.717) is 10.0 Å². The molecule has 1 saturated heterocycles. The highest BCUT2D eigenvalue weighted by molar-refractivity contribution is 6.43. The van der Waals surface area contributed by atoms with E-state index >= 15 is 0 Å². The van der Waals surface area contributed by atoms with Crippen molar-refractivity contribution in [2.24, 2.45) is 5.10 Å². The summed E-state index contributed by atoms with van der Waals surface area (Å²) in [5.74, 6) is 0. The monoisotopic (exact) mass is 382 g/mol. The number of piperazine rings is 1. The summed E-state index contributed by atoms with van der Waals surface area (Å²) in [5.41, 5.74) is 2.05. The molecule has 0 spiro atoms. The Kier molecular flexibility index (Phi) is 6.01. The molecular formula is C18H19Cl3N3+. The van der Waals surface area contributed by atoms with Crippen molar-refractivity contribution < 1.29 is 4.90 Å². The van der Waals surface area contributed by atoms with Gasteiger partial charge in [-0.15, -0.1) is 0 Å². The number of rotatable bonds is 4. The number of nitrogens with one attached hydrogen (secondary N) is 1. The summed E-state index contributed by atoms with van der Waals surface area (Å²) < 4.78 is 0. The first-order chi connectivity index (χ1) is 11.6. The van der Waals surface area contributed by atoms with E-state index < -0.39 is 0 Å². The molecule has 6 heteroatoms. The van der Waals surface area contributed by atoms with Crippen LogP contribution in [0.25, 0.3) is 0 Å². The molecule has 126 valence electrons. The fourth-order valence-corrected chi connectivity index (χ4v) is 3.34. The third-order valence-corrected chi connectivity index (χ3v) is 5.39. The van der Waals surface area contributed by atoms with Crippen molar-refractivity contribution in [3.63, 3.8) is 0 Å². The molecule has 1 aliphatic heterocycles. The van der Waals surface area contributed by atoms with E-state index in [1.54, 1.807) is 12.3 Å². The van der Waals surface area contributed by atoms with Gasteiger partial charge in [0, 0.05) is 16.1 Å². The van der Waals surface area contributed by atoms with Gasteiger partial charge in [-0.25, -0.2) is 0 Å². The van der Waals surface area contributed by atoms with Gasteiger partial charge in [0.25, 0.3) is 0 Å². The number of quaternary nitrogens is 1. The van der Waals surface area contributed by atoms with Gasteiger partial charge in [-0.2, -0.15) is 5.10 Å². The first kappa shape index (κ1) is 17.6. The molecule has 0 bridgehead atoms. The Morgan fingerprint density at radius 3 is 2.42 bits per heavy atom. The van der Waals surface area contributed by atoms with E-state index in [9.17, 15) is 0 Å². The fraction of sp³-hybridized carbons (Fsp3) is 0.278. The molecule has 2 aromatic carbocycles. The van der Waals surface area contributed by atoms with Crippen molar-refractivity contribution in [1.29, 1.82) is 0 Å². The van der Waals surface area contributed by atoms with Gasteiger partial charge in [-0.3, -0.25) is 5.01 Å². The zero-order valence-corrected chi connectivity index (χ0v) is 15.5. The molecule has 0 radical (unpaired) electrons. The Labute approximate surface area is 157 Å². The van der Waals surface area contributed by atoms with Crippen molar-refractivity contribution in [3.05, 3.63) is 68.7 Å². The molecular weight excluding hydrogens is 365 g/mol. The normalized spacial score (nSPS) is 16.0. The zero-order chi connectivity index (χ0) is 16.9. The summed E-state index contributed by atoms with van der Waals surface area (Å²) in [6, 6.07) is 13.6. The van der Waals surface area contributed by atoms with Gasteiger partial charge in [0.05, 0.1) is 42.4 Å². The second-order valence-electron chi connectivity index (χ2n) is 5.86. The second kappa shape index (κ2) is 8.21. The van der Waals surface area contributed by atoms with E-state index in [-0.39, 0.29) is 0 Å². The minimum atomic E-state index is 0.547. The van der Waals surface area contributed by atoms with Gasteiger partial charge >= 0.3 is 0 Å². The average molecular weight is 384 g/mol. The summed E-state index contributed by atoms with van der Waals surface area (Å²) in [7, 11) is 0. The fourth-order valence-electron chi connectivity index (χ4n) is 2.78. The van der Waals surface area contributed by atoms with E-state index in [2.05, 4.69) is 16.2 Å². The summed E-state index contributed by atoms with van der Waals surface area (Å²) >= 11 is 18.5. The summed E-state index contributed by atoms with van der Waals surface area (Å²) in [4.78, 5) is 1.52. The molecule has 0 aromatic heterocycles. The number of hydrogen-bond donors (Lipinski definition) is 1. The molecule has 1 fully saturated rings. The van der Waals surface area contributed by atoms with E-state index in [1.807, 2.05) is 30.3 Å². The van der Waals surface area contributed by atoms with Crippen LogP contribution in [0.4, 0.5) is 0 Å². The van der Waals surface area contributed by atoms with Gasteiger partial charge in [0.2, 0.25) is 0 Å². The summed E-state index contributed by atoms with van der Waals surface area (Å²) in [6.07, 6.45) is 1.78. The van der Waals surface area contributed by atoms with Gasteiger partial charge in [0.1, 0.15) is 6.54 Å². The number of benzene rings is 2. The molecule has 2 aromatic rings. The Hall–Kier alpha value is -1.26. The molecule has 1 aliphatic rings. The van der Waals surface area contributed by atoms with Gasteiger partial charge in [-0.05, 0) is 12.1 Å². The average Bonchev–Trinajstić information content (AvgIpc) is 2.59. The van der Waals surface area contributed by atoms with Crippen molar-refractivity contribution in [2.75, 3.05) is 26.2 Å². The lowest BCUT2D eigenvalue weighted by Crippen LogP contribution is -3.13. The maximum Gasteiger partial charge on any atom is 0.104 e. The van der Waals surface area contributed by atoms with Crippen LogP contribution >= 0.6 is 34.8 Å². The zero-order valence-electron chi connectivity index (χ0n) is 13.2. The Balaban J connectivity index is 1.54. The Morgan fingerprint density at radius 1 is 0.958 bits per heavy atom. The molecule has 3 rings (SSSR count). The summed E-state index contributed by atoms with van der Waals surface area (Å²) in [6.45, 7) is 4.85. The first-order valence-corrected chi connectivity index (χ1v) is 9.07. The molecule has 1 N–H and O–H groups in total. The van der Waals surface area contributed by atoms with Crippen molar-refractivity contribution >= 4 is 41.0 Å². The molecule has 3 nitrogen and oxygen atoms in total.